The predicted octanol–water partition coefficient (Wildman–Crippen LogP) is 3.12. The number of esters is 1. The lowest BCUT2D eigenvalue weighted by Gasteiger charge is -2.42. The average molecular weight is 735 g/mol. The number of amides is 3. The molecule has 3 aliphatic rings. The normalized spacial score (nSPS) is 31.9. The van der Waals surface area contributed by atoms with Crippen LogP contribution >= 0.6 is 11.6 Å². The molecule has 3 amide bonds. The van der Waals surface area contributed by atoms with Crippen molar-refractivity contribution in [3.8, 4) is 5.75 Å². The van der Waals surface area contributed by atoms with Crippen LogP contribution in [-0.4, -0.2) is 118 Å². The molecule has 0 aliphatic carbocycles. The molecule has 2 saturated heterocycles. The molecular formula is C36H51ClN4O10. The molecule has 0 radical (unpaired) electrons. The van der Waals surface area contributed by atoms with Gasteiger partial charge in [0.15, 0.2) is 5.72 Å². The lowest BCUT2D eigenvalue weighted by atomic mass is 9.83. The Morgan fingerprint density at radius 3 is 2.63 bits per heavy atom. The van der Waals surface area contributed by atoms with Gasteiger partial charge in [0.25, 0.3) is 0 Å². The third-order valence-electron chi connectivity index (χ3n) is 10.1. The molecule has 282 valence electrons. The first-order chi connectivity index (χ1) is 24.0. The smallest absolute Gasteiger partial charge is 0.409 e. The fourth-order valence-electron chi connectivity index (χ4n) is 6.63. The SMILES string of the molecule is CNCCC(=O)N(C)[C@@H](C)C(=O)O[C@H]1CC(=O)N(C)c2cc(cc(OC)c2Cl)C/C(C)=C/C=C/[C@@H](OC)[C@@]2(O)C[C@H](OC(=O)N2)[C@@H](C)[C@@H]2O[C@@]12C. The number of carbonyl (C=O) groups is 4. The molecule has 8 atom stereocenters. The van der Waals surface area contributed by atoms with E-state index in [9.17, 15) is 24.3 Å². The van der Waals surface area contributed by atoms with E-state index in [2.05, 4.69) is 10.6 Å². The van der Waals surface area contributed by atoms with E-state index >= 15 is 0 Å². The zero-order chi connectivity index (χ0) is 37.8. The van der Waals surface area contributed by atoms with E-state index in [0.717, 1.165) is 11.1 Å². The van der Waals surface area contributed by atoms with E-state index in [4.69, 9.17) is 35.3 Å². The molecule has 0 spiro atoms. The summed E-state index contributed by atoms with van der Waals surface area (Å²) < 4.78 is 29.1. The number of alkyl carbamates (subject to hydrolysis) is 1. The van der Waals surface area contributed by atoms with Crippen LogP contribution in [0.1, 0.15) is 52.5 Å². The van der Waals surface area contributed by atoms with Gasteiger partial charge in [0, 0.05) is 46.5 Å². The minimum absolute atomic E-state index is 0.0474. The zero-order valence-corrected chi connectivity index (χ0v) is 31.5. The molecule has 0 unspecified atom stereocenters. The molecule has 1 aromatic carbocycles. The van der Waals surface area contributed by atoms with Crippen LogP contribution < -0.4 is 20.3 Å². The van der Waals surface area contributed by atoms with Crippen molar-refractivity contribution < 1.29 is 48.0 Å². The second kappa shape index (κ2) is 16.3. The topological polar surface area (TPSA) is 169 Å². The Morgan fingerprint density at radius 1 is 1.27 bits per heavy atom. The second-order valence-electron chi connectivity index (χ2n) is 13.8. The highest BCUT2D eigenvalue weighted by Gasteiger charge is 2.64. The number of rotatable bonds is 8. The van der Waals surface area contributed by atoms with Crippen LogP contribution in [0, 0.1) is 5.92 Å². The third kappa shape index (κ3) is 8.86. The summed E-state index contributed by atoms with van der Waals surface area (Å²) >= 11 is 6.74. The summed E-state index contributed by atoms with van der Waals surface area (Å²) in [5.41, 5.74) is -0.896. The molecule has 0 saturated carbocycles. The minimum Gasteiger partial charge on any atom is -0.495 e. The molecular weight excluding hydrogens is 684 g/mol. The highest BCUT2D eigenvalue weighted by atomic mass is 35.5. The van der Waals surface area contributed by atoms with Crippen LogP contribution in [0.15, 0.2) is 35.9 Å². The van der Waals surface area contributed by atoms with Gasteiger partial charge in [-0.3, -0.25) is 14.9 Å². The summed E-state index contributed by atoms with van der Waals surface area (Å²) in [6.07, 6.45) is 1.15. The fourth-order valence-corrected chi connectivity index (χ4v) is 6.94. The number of carbonyl (C=O) groups excluding carboxylic acids is 4. The number of halogens is 1. The summed E-state index contributed by atoms with van der Waals surface area (Å²) in [4.78, 5) is 55.9. The molecule has 2 fully saturated rings. The maximum absolute atomic E-state index is 14.1. The molecule has 14 nitrogen and oxygen atoms in total. The van der Waals surface area contributed by atoms with Crippen molar-refractivity contribution in [3.05, 3.63) is 46.5 Å². The number of fused-ring (bicyclic) bond motifs is 5. The highest BCUT2D eigenvalue weighted by Crippen LogP contribution is 2.49. The number of epoxide rings is 1. The molecule has 4 bridgehead atoms. The fraction of sp³-hybridized carbons (Fsp3) is 0.611. The molecule has 51 heavy (non-hydrogen) atoms. The maximum atomic E-state index is 14.1. The monoisotopic (exact) mass is 734 g/mol. The number of aliphatic hydroxyl groups is 1. The van der Waals surface area contributed by atoms with Crippen molar-refractivity contribution >= 4 is 41.2 Å². The van der Waals surface area contributed by atoms with Crippen LogP contribution in [0.5, 0.6) is 5.75 Å². The first-order valence-electron chi connectivity index (χ1n) is 17.0. The largest absolute Gasteiger partial charge is 0.495 e. The van der Waals surface area contributed by atoms with E-state index in [1.807, 2.05) is 13.0 Å². The lowest BCUT2D eigenvalue weighted by molar-refractivity contribution is -0.162. The molecule has 3 aliphatic heterocycles. The van der Waals surface area contributed by atoms with Gasteiger partial charge in [-0.05, 0) is 51.9 Å². The number of methoxy groups -OCH3 is 2. The Labute approximate surface area is 304 Å². The van der Waals surface area contributed by atoms with Crippen molar-refractivity contribution in [1.29, 1.82) is 0 Å². The number of anilines is 1. The minimum atomic E-state index is -1.82. The van der Waals surface area contributed by atoms with Crippen molar-refractivity contribution in [2.75, 3.05) is 46.8 Å². The van der Waals surface area contributed by atoms with Crippen LogP contribution in [0.4, 0.5) is 10.5 Å². The quantitative estimate of drug-likeness (QED) is 0.265. The molecule has 15 heteroatoms. The number of hydrogen-bond donors (Lipinski definition) is 3. The van der Waals surface area contributed by atoms with E-state index in [1.165, 1.54) is 31.1 Å². The molecule has 3 heterocycles. The van der Waals surface area contributed by atoms with Crippen molar-refractivity contribution in [2.24, 2.45) is 5.92 Å². The maximum Gasteiger partial charge on any atom is 0.409 e. The van der Waals surface area contributed by atoms with Crippen LogP contribution in [-0.2, 0) is 39.8 Å². The zero-order valence-electron chi connectivity index (χ0n) is 30.8. The number of ether oxygens (including phenoxy) is 5. The average Bonchev–Trinajstić information content (AvgIpc) is 3.79. The molecule has 0 aromatic heterocycles. The molecule has 4 rings (SSSR count). The Hall–Kier alpha value is -3.69. The van der Waals surface area contributed by atoms with Crippen molar-refractivity contribution in [3.63, 3.8) is 0 Å². The first kappa shape index (κ1) is 40.1. The van der Waals surface area contributed by atoms with Gasteiger partial charge >= 0.3 is 12.1 Å². The van der Waals surface area contributed by atoms with Gasteiger partial charge in [-0.2, -0.15) is 0 Å². The summed E-state index contributed by atoms with van der Waals surface area (Å²) in [5.74, 6) is -1.56. The van der Waals surface area contributed by atoms with E-state index in [0.29, 0.717) is 24.4 Å². The van der Waals surface area contributed by atoms with Crippen LogP contribution in [0.2, 0.25) is 5.02 Å². The number of allylic oxidation sites excluding steroid dienone is 3. The van der Waals surface area contributed by atoms with E-state index in [1.54, 1.807) is 59.2 Å². The lowest BCUT2D eigenvalue weighted by Crippen LogP contribution is -2.63. The van der Waals surface area contributed by atoms with Gasteiger partial charge in [-0.25, -0.2) is 9.59 Å². The number of likely N-dealkylation sites (N-methyl/N-ethyl adjacent to an activating group) is 1. The van der Waals surface area contributed by atoms with Crippen LogP contribution in [0.3, 0.4) is 0 Å². The summed E-state index contributed by atoms with van der Waals surface area (Å²) in [6, 6.07) is 2.62. The van der Waals surface area contributed by atoms with Crippen molar-refractivity contribution in [2.45, 2.75) is 95.2 Å². The number of nitrogens with one attached hydrogen (secondary N) is 2. The van der Waals surface area contributed by atoms with Gasteiger partial charge in [0.05, 0.1) is 25.3 Å². The van der Waals surface area contributed by atoms with Gasteiger partial charge in [-0.15, -0.1) is 0 Å². The second-order valence-corrected chi connectivity index (χ2v) is 14.1. The van der Waals surface area contributed by atoms with Gasteiger partial charge in [-0.1, -0.05) is 42.3 Å². The van der Waals surface area contributed by atoms with Crippen molar-refractivity contribution in [1.82, 2.24) is 15.5 Å². The summed E-state index contributed by atoms with van der Waals surface area (Å²) in [6.45, 7) is 7.42. The number of benzene rings is 1. The Kier molecular flexibility index (Phi) is 12.8. The number of hydrogen-bond acceptors (Lipinski definition) is 11. The van der Waals surface area contributed by atoms with Gasteiger partial charge in [0.2, 0.25) is 11.8 Å². The summed E-state index contributed by atoms with van der Waals surface area (Å²) in [7, 11) is 7.74. The van der Waals surface area contributed by atoms with Gasteiger partial charge < -0.3 is 43.9 Å². The van der Waals surface area contributed by atoms with E-state index < -0.39 is 65.7 Å². The predicted molar refractivity (Wildman–Crippen MR) is 189 cm³/mol. The highest BCUT2D eigenvalue weighted by molar-refractivity contribution is 6.35. The van der Waals surface area contributed by atoms with Gasteiger partial charge in [0.1, 0.15) is 40.7 Å². The Balaban J connectivity index is 1.76. The Morgan fingerprint density at radius 2 is 1.98 bits per heavy atom. The molecule has 1 aromatic rings. The van der Waals surface area contributed by atoms with E-state index in [-0.39, 0.29) is 30.2 Å². The Bertz CT molecular complexity index is 1550. The number of nitrogens with zero attached hydrogens (tertiary/aromatic N) is 2. The molecule has 3 N–H and O–H groups in total. The van der Waals surface area contributed by atoms with Crippen LogP contribution in [0.25, 0.3) is 0 Å². The first-order valence-corrected chi connectivity index (χ1v) is 17.4. The third-order valence-corrected chi connectivity index (χ3v) is 10.5. The standard InChI is InChI=1S/C36H51ClN4O10/c1-20-11-10-12-27(48-9)36(46)19-26(49-34(45)39-36)21(2)32-35(4,51-32)28(50-33(44)22(3)40(6)29(42)13-14-38-5)18-30(43)41(7)24-16-23(15-20)17-25(47-8)31(24)37/h10-12,16-17,21-22,26-28,32,38,46H,13-15,18-19H2,1-9H3,(H,39,45)/b12-10+,20-11+/t21-,22+,26+,27-,28+,32+,35+,36+/m1/s1. The summed E-state index contributed by atoms with van der Waals surface area (Å²) in [5, 5.41) is 17.4.